The van der Waals surface area contributed by atoms with Gasteiger partial charge >= 0.3 is 11.9 Å². The molecule has 6 heteroatoms. The lowest BCUT2D eigenvalue weighted by atomic mass is 9.95. The number of carboxylic acid groups (broad SMARTS) is 2. The first-order valence-electron chi connectivity index (χ1n) is 8.86. The zero-order valence-electron chi connectivity index (χ0n) is 15.1. The Balaban J connectivity index is 0.000000226. The molecule has 27 heavy (non-hydrogen) atoms. The summed E-state index contributed by atoms with van der Waals surface area (Å²) in [6.45, 7) is 0. The molecule has 0 amide bonds. The molecule has 1 aromatic carbocycles. The van der Waals surface area contributed by atoms with Gasteiger partial charge in [-0.05, 0) is 49.6 Å². The molecule has 1 fully saturated rings. The maximum absolute atomic E-state index is 9.55. The Kier molecular flexibility index (Phi) is 5.66. The van der Waals surface area contributed by atoms with Crippen LogP contribution < -0.4 is 0 Å². The number of likely N-dealkylation sites (N-methyl/N-ethyl adjacent to an activating group) is 1. The zero-order chi connectivity index (χ0) is 19.4. The number of rotatable bonds is 3. The van der Waals surface area contributed by atoms with Crippen LogP contribution in [0.2, 0.25) is 0 Å². The number of aliphatic carboxylic acids is 2. The van der Waals surface area contributed by atoms with Gasteiger partial charge < -0.3 is 10.2 Å². The van der Waals surface area contributed by atoms with Crippen molar-refractivity contribution in [1.29, 1.82) is 0 Å². The third-order valence-electron chi connectivity index (χ3n) is 5.07. The summed E-state index contributed by atoms with van der Waals surface area (Å²) in [6.07, 6.45) is 9.43. The second kappa shape index (κ2) is 8.14. The molecule has 140 valence electrons. The zero-order valence-corrected chi connectivity index (χ0v) is 15.1. The van der Waals surface area contributed by atoms with Gasteiger partial charge in [-0.3, -0.25) is 9.88 Å². The number of para-hydroxylation sites is 1. The summed E-state index contributed by atoms with van der Waals surface area (Å²) >= 11 is 0. The number of hydrogen-bond acceptors (Lipinski definition) is 4. The van der Waals surface area contributed by atoms with Gasteiger partial charge in [0.05, 0.1) is 5.52 Å². The summed E-state index contributed by atoms with van der Waals surface area (Å²) in [5.41, 5.74) is 3.88. The molecule has 2 aliphatic heterocycles. The third kappa shape index (κ3) is 4.60. The average molecular weight is 366 g/mol. The van der Waals surface area contributed by atoms with E-state index in [1.54, 1.807) is 0 Å². The molecule has 0 saturated carbocycles. The predicted molar refractivity (Wildman–Crippen MR) is 103 cm³/mol. The van der Waals surface area contributed by atoms with Gasteiger partial charge in [0, 0.05) is 35.8 Å². The van der Waals surface area contributed by atoms with E-state index in [0.717, 1.165) is 11.6 Å². The van der Waals surface area contributed by atoms with Gasteiger partial charge in [-0.2, -0.15) is 0 Å². The minimum absolute atomic E-state index is 0.558. The molecule has 0 aliphatic carbocycles. The van der Waals surface area contributed by atoms with Crippen molar-refractivity contribution in [3.8, 4) is 0 Å². The van der Waals surface area contributed by atoms with Gasteiger partial charge in [0.2, 0.25) is 0 Å². The number of pyridine rings is 1. The molecule has 2 atom stereocenters. The molecule has 0 spiro atoms. The first-order chi connectivity index (χ1) is 12.9. The highest BCUT2D eigenvalue weighted by molar-refractivity contribution is 5.89. The van der Waals surface area contributed by atoms with Crippen molar-refractivity contribution in [3.63, 3.8) is 0 Å². The van der Waals surface area contributed by atoms with Crippen LogP contribution >= 0.6 is 0 Å². The van der Waals surface area contributed by atoms with Crippen molar-refractivity contribution in [1.82, 2.24) is 9.88 Å². The number of hydrogen-bond donors (Lipinski definition) is 2. The van der Waals surface area contributed by atoms with E-state index in [4.69, 9.17) is 10.2 Å². The van der Waals surface area contributed by atoms with Crippen molar-refractivity contribution in [2.24, 2.45) is 0 Å². The van der Waals surface area contributed by atoms with Crippen LogP contribution in [0.4, 0.5) is 0 Å². The third-order valence-corrected chi connectivity index (χ3v) is 5.07. The number of carbonyl (C=O) groups is 2. The summed E-state index contributed by atoms with van der Waals surface area (Å²) in [6, 6.07) is 12.0. The Morgan fingerprint density at radius 1 is 1.15 bits per heavy atom. The molecule has 1 aromatic heterocycles. The van der Waals surface area contributed by atoms with Crippen LogP contribution in [0.1, 0.15) is 24.8 Å². The van der Waals surface area contributed by atoms with Crippen LogP contribution in [0.25, 0.3) is 16.5 Å². The lowest BCUT2D eigenvalue weighted by Crippen LogP contribution is -2.34. The van der Waals surface area contributed by atoms with E-state index < -0.39 is 11.9 Å². The summed E-state index contributed by atoms with van der Waals surface area (Å²) in [4.78, 5) is 26.2. The fourth-order valence-corrected chi connectivity index (χ4v) is 3.65. The maximum atomic E-state index is 9.55. The van der Waals surface area contributed by atoms with Crippen LogP contribution in [0.5, 0.6) is 0 Å². The highest BCUT2D eigenvalue weighted by atomic mass is 16.4. The molecule has 4 rings (SSSR count). The standard InChI is InChI=1S/C17H18N2.C4H4O4/c1-19-15-6-7-16(19)10-13(9-15)14-8-12-4-2-3-5-17(12)18-11-14;5-3(6)1-2-4(7)8/h2-5,8-9,11,15-16H,6-7,10H2,1H3;1-2H,(H,5,6)(H,7,8)/b;2-1+. The van der Waals surface area contributed by atoms with Crippen LogP contribution in [0, 0.1) is 0 Å². The Labute approximate surface area is 157 Å². The lowest BCUT2D eigenvalue weighted by Gasteiger charge is -2.30. The van der Waals surface area contributed by atoms with E-state index in [9.17, 15) is 9.59 Å². The Hall–Kier alpha value is -2.99. The highest BCUT2D eigenvalue weighted by Gasteiger charge is 2.33. The van der Waals surface area contributed by atoms with Crippen molar-refractivity contribution in [3.05, 3.63) is 60.3 Å². The molecule has 3 heterocycles. The smallest absolute Gasteiger partial charge is 0.328 e. The minimum atomic E-state index is -1.26. The molecule has 6 nitrogen and oxygen atoms in total. The number of benzene rings is 1. The van der Waals surface area contributed by atoms with Gasteiger partial charge in [-0.1, -0.05) is 24.3 Å². The summed E-state index contributed by atoms with van der Waals surface area (Å²) in [5, 5.41) is 16.9. The van der Waals surface area contributed by atoms with Gasteiger partial charge in [0.15, 0.2) is 0 Å². The van der Waals surface area contributed by atoms with E-state index in [1.807, 2.05) is 12.3 Å². The Morgan fingerprint density at radius 2 is 1.85 bits per heavy atom. The van der Waals surface area contributed by atoms with Gasteiger partial charge in [0.1, 0.15) is 0 Å². The molecule has 1 saturated heterocycles. The summed E-state index contributed by atoms with van der Waals surface area (Å²) < 4.78 is 0. The Morgan fingerprint density at radius 3 is 2.52 bits per heavy atom. The molecule has 0 radical (unpaired) electrons. The van der Waals surface area contributed by atoms with Crippen LogP contribution in [-0.4, -0.2) is 51.2 Å². The van der Waals surface area contributed by atoms with Gasteiger partial charge in [0.25, 0.3) is 0 Å². The first kappa shape index (κ1) is 18.8. The van der Waals surface area contributed by atoms with E-state index in [1.165, 1.54) is 35.8 Å². The molecular weight excluding hydrogens is 344 g/mol. The van der Waals surface area contributed by atoms with E-state index in [-0.39, 0.29) is 0 Å². The maximum Gasteiger partial charge on any atom is 0.328 e. The van der Waals surface area contributed by atoms with Crippen LogP contribution in [0.3, 0.4) is 0 Å². The van der Waals surface area contributed by atoms with Crippen molar-refractivity contribution in [2.75, 3.05) is 7.05 Å². The molecule has 2 aliphatic rings. The van der Waals surface area contributed by atoms with E-state index in [2.05, 4.69) is 47.3 Å². The van der Waals surface area contributed by atoms with Gasteiger partial charge in [-0.25, -0.2) is 9.59 Å². The number of aromatic nitrogens is 1. The monoisotopic (exact) mass is 366 g/mol. The number of carboxylic acids is 2. The second-order valence-electron chi connectivity index (χ2n) is 6.79. The fraction of sp³-hybridized carbons (Fsp3) is 0.286. The SMILES string of the molecule is CN1C2C=C(c3cnc4ccccc4c3)CC1CC2.O=C(O)/C=C/C(=O)O. The normalized spacial score (nSPS) is 21.6. The van der Waals surface area contributed by atoms with Crippen molar-refractivity contribution in [2.45, 2.75) is 31.3 Å². The fourth-order valence-electron chi connectivity index (χ4n) is 3.65. The quantitative estimate of drug-likeness (QED) is 0.811. The van der Waals surface area contributed by atoms with E-state index >= 15 is 0 Å². The summed E-state index contributed by atoms with van der Waals surface area (Å²) in [5.74, 6) is -2.51. The van der Waals surface area contributed by atoms with E-state index in [0.29, 0.717) is 18.2 Å². The van der Waals surface area contributed by atoms with Crippen molar-refractivity contribution >= 4 is 28.4 Å². The largest absolute Gasteiger partial charge is 0.478 e. The first-order valence-corrected chi connectivity index (χ1v) is 8.86. The predicted octanol–water partition coefficient (Wildman–Crippen LogP) is 3.20. The van der Waals surface area contributed by atoms with Crippen LogP contribution in [-0.2, 0) is 9.59 Å². The molecular formula is C21H22N2O4. The average Bonchev–Trinajstić information content (AvgIpc) is 2.86. The summed E-state index contributed by atoms with van der Waals surface area (Å²) in [7, 11) is 2.26. The second-order valence-corrected chi connectivity index (χ2v) is 6.79. The lowest BCUT2D eigenvalue weighted by molar-refractivity contribution is -0.134. The van der Waals surface area contributed by atoms with Crippen molar-refractivity contribution < 1.29 is 19.8 Å². The number of fused-ring (bicyclic) bond motifs is 3. The Bertz CT molecular complexity index is 903. The molecule has 2 aromatic rings. The van der Waals surface area contributed by atoms with Gasteiger partial charge in [-0.15, -0.1) is 0 Å². The molecule has 2 unspecified atom stereocenters. The van der Waals surface area contributed by atoms with Crippen LogP contribution in [0.15, 0.2) is 54.8 Å². The molecule has 2 N–H and O–H groups in total. The minimum Gasteiger partial charge on any atom is -0.478 e. The topological polar surface area (TPSA) is 90.7 Å². The highest BCUT2D eigenvalue weighted by Crippen LogP contribution is 2.37. The molecule has 2 bridgehead atoms. The number of nitrogens with zero attached hydrogens (tertiary/aromatic N) is 2.